The van der Waals surface area contributed by atoms with Crippen molar-refractivity contribution in [1.29, 1.82) is 0 Å². The fourth-order valence-electron chi connectivity index (χ4n) is 2.23. The highest BCUT2D eigenvalue weighted by Gasteiger charge is 2.20. The molecular weight excluding hydrogens is 266 g/mol. The van der Waals surface area contributed by atoms with E-state index in [0.717, 1.165) is 37.3 Å². The third-order valence-corrected chi connectivity index (χ3v) is 3.39. The normalized spacial score (nSPS) is 16.9. The number of carbonyl (C=O) groups excluding carboxylic acids is 2. The van der Waals surface area contributed by atoms with Crippen LogP contribution in [0.1, 0.15) is 12.8 Å². The highest BCUT2D eigenvalue weighted by molar-refractivity contribution is 5.92. The van der Waals surface area contributed by atoms with Crippen LogP contribution < -0.4 is 5.32 Å². The average molecular weight is 282 g/mol. The van der Waals surface area contributed by atoms with Crippen LogP contribution in [0.15, 0.2) is 18.2 Å². The Kier molecular flexibility index (Phi) is 4.79. The van der Waals surface area contributed by atoms with Gasteiger partial charge in [-0.3, -0.25) is 9.69 Å². The van der Waals surface area contributed by atoms with Crippen molar-refractivity contribution in [2.24, 2.45) is 5.92 Å². The molecule has 2 rings (SSSR count). The molecule has 1 aromatic rings. The summed E-state index contributed by atoms with van der Waals surface area (Å²) in [5.74, 6) is -1.60. The molecule has 0 bridgehead atoms. The van der Waals surface area contributed by atoms with E-state index in [1.807, 2.05) is 4.90 Å². The molecule has 0 aliphatic carbocycles. The third-order valence-electron chi connectivity index (χ3n) is 3.39. The molecule has 6 heteroatoms. The van der Waals surface area contributed by atoms with Crippen molar-refractivity contribution in [1.82, 2.24) is 4.90 Å². The summed E-state index contributed by atoms with van der Waals surface area (Å²) in [6, 6.07) is 2.92. The molecule has 1 fully saturated rings. The smallest absolute Gasteiger partial charge is 0.238 e. The number of carbonyl (C=O) groups is 2. The fourth-order valence-corrected chi connectivity index (χ4v) is 2.23. The molecular formula is C14H16F2N2O2. The van der Waals surface area contributed by atoms with Crippen molar-refractivity contribution in [3.63, 3.8) is 0 Å². The van der Waals surface area contributed by atoms with Crippen LogP contribution in [-0.2, 0) is 9.59 Å². The van der Waals surface area contributed by atoms with Gasteiger partial charge in [0.05, 0.1) is 12.2 Å². The van der Waals surface area contributed by atoms with Crippen molar-refractivity contribution in [3.8, 4) is 0 Å². The van der Waals surface area contributed by atoms with Gasteiger partial charge in [-0.25, -0.2) is 8.78 Å². The Morgan fingerprint density at radius 1 is 1.35 bits per heavy atom. The van der Waals surface area contributed by atoms with Crippen molar-refractivity contribution in [3.05, 3.63) is 29.8 Å². The summed E-state index contributed by atoms with van der Waals surface area (Å²) in [6.45, 7) is 1.42. The second-order valence-corrected chi connectivity index (χ2v) is 4.92. The molecule has 20 heavy (non-hydrogen) atoms. The lowest BCUT2D eigenvalue weighted by molar-refractivity contribution is -0.117. The molecule has 1 amide bonds. The minimum absolute atomic E-state index is 0.0648. The van der Waals surface area contributed by atoms with Crippen molar-refractivity contribution >= 4 is 17.9 Å². The number of likely N-dealkylation sites (tertiary alicyclic amines) is 1. The van der Waals surface area contributed by atoms with E-state index in [4.69, 9.17) is 0 Å². The molecule has 1 heterocycles. The number of hydrogen-bond donors (Lipinski definition) is 1. The number of benzene rings is 1. The molecule has 1 aromatic carbocycles. The van der Waals surface area contributed by atoms with Crippen LogP contribution in [0.4, 0.5) is 14.5 Å². The Morgan fingerprint density at radius 3 is 2.70 bits per heavy atom. The van der Waals surface area contributed by atoms with E-state index in [9.17, 15) is 18.4 Å². The maximum Gasteiger partial charge on any atom is 0.238 e. The number of halogens is 2. The van der Waals surface area contributed by atoms with Crippen LogP contribution in [0.2, 0.25) is 0 Å². The van der Waals surface area contributed by atoms with Crippen LogP contribution >= 0.6 is 0 Å². The standard InChI is InChI=1S/C14H16F2N2O2/c15-11-1-2-12(16)13(7-11)17-14(20)8-18-5-3-10(9-19)4-6-18/h1-2,7,9-10H,3-6,8H2,(H,17,20). The summed E-state index contributed by atoms with van der Waals surface area (Å²) < 4.78 is 26.3. The molecule has 1 saturated heterocycles. The number of rotatable bonds is 4. The number of nitrogens with zero attached hydrogens (tertiary/aromatic N) is 1. The van der Waals surface area contributed by atoms with Gasteiger partial charge in [-0.2, -0.15) is 0 Å². The van der Waals surface area contributed by atoms with Gasteiger partial charge in [-0.05, 0) is 38.1 Å². The van der Waals surface area contributed by atoms with Crippen LogP contribution in [0.5, 0.6) is 0 Å². The minimum atomic E-state index is -0.667. The van der Waals surface area contributed by atoms with Crippen molar-refractivity contribution in [2.45, 2.75) is 12.8 Å². The highest BCUT2D eigenvalue weighted by atomic mass is 19.1. The summed E-state index contributed by atoms with van der Waals surface area (Å²) in [7, 11) is 0. The van der Waals surface area contributed by atoms with Crippen molar-refractivity contribution in [2.75, 3.05) is 25.0 Å². The molecule has 1 aliphatic heterocycles. The summed E-state index contributed by atoms with van der Waals surface area (Å²) in [6.07, 6.45) is 2.40. The van der Waals surface area contributed by atoms with Gasteiger partial charge in [0, 0.05) is 12.0 Å². The van der Waals surface area contributed by atoms with Crippen LogP contribution in [0.3, 0.4) is 0 Å². The Hall–Kier alpha value is -1.82. The first-order valence-electron chi connectivity index (χ1n) is 6.51. The van der Waals surface area contributed by atoms with Crippen LogP contribution in [0.25, 0.3) is 0 Å². The highest BCUT2D eigenvalue weighted by Crippen LogP contribution is 2.17. The first-order chi connectivity index (χ1) is 9.58. The number of piperidine rings is 1. The zero-order valence-corrected chi connectivity index (χ0v) is 10.9. The Balaban J connectivity index is 1.86. The molecule has 0 radical (unpaired) electrons. The summed E-state index contributed by atoms with van der Waals surface area (Å²) >= 11 is 0. The number of aldehydes is 1. The van der Waals surface area contributed by atoms with Gasteiger partial charge in [-0.15, -0.1) is 0 Å². The average Bonchev–Trinajstić information content (AvgIpc) is 2.43. The number of hydrogen-bond acceptors (Lipinski definition) is 3. The zero-order valence-electron chi connectivity index (χ0n) is 10.9. The molecule has 4 nitrogen and oxygen atoms in total. The maximum absolute atomic E-state index is 13.4. The van der Waals surface area contributed by atoms with Crippen LogP contribution in [-0.4, -0.2) is 36.7 Å². The molecule has 0 spiro atoms. The second-order valence-electron chi connectivity index (χ2n) is 4.92. The van der Waals surface area contributed by atoms with Gasteiger partial charge in [0.15, 0.2) is 0 Å². The molecule has 0 atom stereocenters. The van der Waals surface area contributed by atoms with Gasteiger partial charge in [-0.1, -0.05) is 0 Å². The summed E-state index contributed by atoms with van der Waals surface area (Å²) in [5.41, 5.74) is -0.155. The van der Waals surface area contributed by atoms with E-state index >= 15 is 0 Å². The lowest BCUT2D eigenvalue weighted by atomic mass is 9.99. The molecule has 108 valence electrons. The number of amides is 1. The van der Waals surface area contributed by atoms with E-state index < -0.39 is 11.6 Å². The zero-order chi connectivity index (χ0) is 14.5. The fraction of sp³-hybridized carbons (Fsp3) is 0.429. The van der Waals surface area contributed by atoms with Gasteiger partial charge in [0.2, 0.25) is 5.91 Å². The summed E-state index contributed by atoms with van der Waals surface area (Å²) in [5, 5.41) is 2.36. The molecule has 0 saturated carbocycles. The Labute approximate surface area is 115 Å². The first-order valence-corrected chi connectivity index (χ1v) is 6.51. The van der Waals surface area contributed by atoms with Gasteiger partial charge in [0.1, 0.15) is 17.9 Å². The third kappa shape index (κ3) is 3.84. The van der Waals surface area contributed by atoms with E-state index in [0.29, 0.717) is 13.1 Å². The van der Waals surface area contributed by atoms with Gasteiger partial charge in [0.25, 0.3) is 0 Å². The minimum Gasteiger partial charge on any atom is -0.322 e. The molecule has 1 aliphatic rings. The second kappa shape index (κ2) is 6.56. The lowest BCUT2D eigenvalue weighted by Crippen LogP contribution is -2.39. The van der Waals surface area contributed by atoms with E-state index in [1.54, 1.807) is 0 Å². The van der Waals surface area contributed by atoms with E-state index in [2.05, 4.69) is 5.32 Å². The largest absolute Gasteiger partial charge is 0.322 e. The quantitative estimate of drug-likeness (QED) is 0.857. The molecule has 1 N–H and O–H groups in total. The first kappa shape index (κ1) is 14.6. The summed E-state index contributed by atoms with van der Waals surface area (Å²) in [4.78, 5) is 24.3. The van der Waals surface area contributed by atoms with Gasteiger partial charge < -0.3 is 10.1 Å². The monoisotopic (exact) mass is 282 g/mol. The van der Waals surface area contributed by atoms with E-state index in [1.165, 1.54) is 0 Å². The topological polar surface area (TPSA) is 49.4 Å². The Morgan fingerprint density at radius 2 is 2.05 bits per heavy atom. The van der Waals surface area contributed by atoms with E-state index in [-0.39, 0.29) is 24.1 Å². The molecule has 0 aromatic heterocycles. The van der Waals surface area contributed by atoms with Crippen LogP contribution in [0, 0.1) is 17.6 Å². The van der Waals surface area contributed by atoms with Gasteiger partial charge >= 0.3 is 0 Å². The SMILES string of the molecule is O=CC1CCN(CC(=O)Nc2cc(F)ccc2F)CC1. The predicted octanol–water partition coefficient (Wildman–Crippen LogP) is 1.81. The Bertz CT molecular complexity index is 500. The predicted molar refractivity (Wildman–Crippen MR) is 70.2 cm³/mol. The number of nitrogens with one attached hydrogen (secondary N) is 1. The lowest BCUT2D eigenvalue weighted by Gasteiger charge is -2.28. The molecule has 0 unspecified atom stereocenters. The maximum atomic E-state index is 13.4. The number of anilines is 1. The van der Waals surface area contributed by atoms with Crippen molar-refractivity contribution < 1.29 is 18.4 Å².